The van der Waals surface area contributed by atoms with E-state index in [2.05, 4.69) is 60.5 Å². The van der Waals surface area contributed by atoms with Gasteiger partial charge in [0, 0.05) is 24.9 Å². The molecule has 0 aliphatic heterocycles. The van der Waals surface area contributed by atoms with Crippen LogP contribution in [0.5, 0.6) is 0 Å². The second-order valence-corrected chi connectivity index (χ2v) is 6.61. The largest absolute Gasteiger partial charge is 0.440 e. The molecule has 0 fully saturated rings. The van der Waals surface area contributed by atoms with Gasteiger partial charge in [-0.05, 0) is 32.4 Å². The zero-order valence-electron chi connectivity index (χ0n) is 15.0. The van der Waals surface area contributed by atoms with Crippen LogP contribution in [-0.4, -0.2) is 31.0 Å². The number of benzene rings is 1. The Bertz CT molecular complexity index is 691. The van der Waals surface area contributed by atoms with E-state index in [-0.39, 0.29) is 5.91 Å². The summed E-state index contributed by atoms with van der Waals surface area (Å²) in [6.07, 6.45) is 1.52. The molecule has 5 nitrogen and oxygen atoms in total. The Labute approximate surface area is 153 Å². The lowest BCUT2D eigenvalue weighted by Crippen LogP contribution is -2.21. The summed E-state index contributed by atoms with van der Waals surface area (Å²) < 4.78 is 5.68. The molecule has 0 spiro atoms. The Kier molecular flexibility index (Phi) is 7.60. The van der Waals surface area contributed by atoms with Crippen molar-refractivity contribution >= 4 is 29.8 Å². The maximum Gasteiger partial charge on any atom is 0.250 e. The second-order valence-electron chi connectivity index (χ2n) is 5.62. The number of hydrazone groups is 1. The fourth-order valence-corrected chi connectivity index (χ4v) is 3.04. The molecule has 0 aliphatic rings. The van der Waals surface area contributed by atoms with Crippen molar-refractivity contribution in [3.05, 3.63) is 53.3 Å². The molecule has 0 bridgehead atoms. The first-order chi connectivity index (χ1) is 12.1. The summed E-state index contributed by atoms with van der Waals surface area (Å²) in [5.41, 5.74) is 4.98. The van der Waals surface area contributed by atoms with Crippen molar-refractivity contribution in [3.8, 4) is 0 Å². The Morgan fingerprint density at radius 3 is 2.60 bits per heavy atom. The topological polar surface area (TPSA) is 57.8 Å². The summed E-state index contributed by atoms with van der Waals surface area (Å²) in [5.74, 6) is 2.49. The number of nitrogens with one attached hydrogen (secondary N) is 1. The van der Waals surface area contributed by atoms with E-state index < -0.39 is 0 Å². The van der Waals surface area contributed by atoms with Gasteiger partial charge in [0.05, 0.1) is 12.0 Å². The molecule has 0 atom stereocenters. The van der Waals surface area contributed by atoms with Crippen molar-refractivity contribution in [1.82, 2.24) is 5.43 Å². The number of hydrogen-bond acceptors (Lipinski definition) is 5. The first-order valence-corrected chi connectivity index (χ1v) is 9.57. The van der Waals surface area contributed by atoms with Crippen molar-refractivity contribution in [2.45, 2.75) is 26.5 Å². The SMILES string of the molecule is CCN(CC)c1ccc(/C=N\NC(=O)CSCc2ccc(C)cc2)o1. The predicted molar refractivity (Wildman–Crippen MR) is 105 cm³/mol. The Morgan fingerprint density at radius 1 is 1.20 bits per heavy atom. The molecule has 2 aromatic rings. The summed E-state index contributed by atoms with van der Waals surface area (Å²) in [7, 11) is 0. The van der Waals surface area contributed by atoms with Gasteiger partial charge in [0.25, 0.3) is 0 Å². The van der Waals surface area contributed by atoms with Gasteiger partial charge in [0.1, 0.15) is 5.76 Å². The third-order valence-corrected chi connectivity index (χ3v) is 4.70. The first-order valence-electron chi connectivity index (χ1n) is 8.42. The number of rotatable bonds is 9. The number of hydrogen-bond donors (Lipinski definition) is 1. The maximum atomic E-state index is 11.8. The zero-order valence-corrected chi connectivity index (χ0v) is 15.8. The summed E-state index contributed by atoms with van der Waals surface area (Å²) in [6.45, 7) is 7.99. The van der Waals surface area contributed by atoms with Gasteiger partial charge < -0.3 is 9.32 Å². The third kappa shape index (κ3) is 6.31. The number of amides is 1. The first kappa shape index (κ1) is 19.1. The number of anilines is 1. The van der Waals surface area contributed by atoms with Crippen LogP contribution in [0.1, 0.15) is 30.7 Å². The summed E-state index contributed by atoms with van der Waals surface area (Å²) >= 11 is 1.56. The Balaban J connectivity index is 1.72. The van der Waals surface area contributed by atoms with E-state index in [9.17, 15) is 4.79 Å². The predicted octanol–water partition coefficient (Wildman–Crippen LogP) is 3.82. The van der Waals surface area contributed by atoms with Crippen LogP contribution in [0, 0.1) is 6.92 Å². The molecule has 6 heteroatoms. The van der Waals surface area contributed by atoms with Gasteiger partial charge >= 0.3 is 0 Å². The molecule has 1 amide bonds. The summed E-state index contributed by atoms with van der Waals surface area (Å²) in [5, 5.41) is 3.95. The highest BCUT2D eigenvalue weighted by atomic mass is 32.2. The van der Waals surface area contributed by atoms with Gasteiger partial charge in [0.15, 0.2) is 5.88 Å². The number of nitrogens with zero attached hydrogens (tertiary/aromatic N) is 2. The molecule has 0 radical (unpaired) electrons. The van der Waals surface area contributed by atoms with Crippen molar-refractivity contribution in [2.75, 3.05) is 23.7 Å². The molecule has 1 heterocycles. The zero-order chi connectivity index (χ0) is 18.1. The molecule has 0 saturated heterocycles. The van der Waals surface area contributed by atoms with Crippen molar-refractivity contribution in [2.24, 2.45) is 5.10 Å². The van der Waals surface area contributed by atoms with E-state index in [1.807, 2.05) is 12.1 Å². The summed E-state index contributed by atoms with van der Waals surface area (Å²) in [6, 6.07) is 12.1. The lowest BCUT2D eigenvalue weighted by Gasteiger charge is -2.16. The fourth-order valence-electron chi connectivity index (χ4n) is 2.26. The normalized spacial score (nSPS) is 11.0. The maximum absolute atomic E-state index is 11.8. The number of furan rings is 1. The number of carbonyl (C=O) groups is 1. The van der Waals surface area contributed by atoms with E-state index in [0.717, 1.165) is 24.7 Å². The molecular weight excluding hydrogens is 334 g/mol. The van der Waals surface area contributed by atoms with Crippen LogP contribution >= 0.6 is 11.8 Å². The molecule has 0 saturated carbocycles. The minimum Gasteiger partial charge on any atom is -0.440 e. The third-order valence-electron chi connectivity index (χ3n) is 3.69. The number of carbonyl (C=O) groups excluding carboxylic acids is 1. The molecule has 134 valence electrons. The van der Waals surface area contributed by atoms with E-state index in [1.54, 1.807) is 11.8 Å². The molecule has 2 rings (SSSR count). The standard InChI is InChI=1S/C19H25N3O2S/c1-4-22(5-2)19-11-10-17(24-19)12-20-21-18(23)14-25-13-16-8-6-15(3)7-9-16/h6-12H,4-5,13-14H2,1-3H3,(H,21,23)/b20-12-. The molecule has 0 aliphatic carbocycles. The molecule has 0 unspecified atom stereocenters. The molecular formula is C19H25N3O2S. The van der Waals surface area contributed by atoms with E-state index in [1.165, 1.54) is 17.3 Å². The van der Waals surface area contributed by atoms with Gasteiger partial charge in [-0.15, -0.1) is 11.8 Å². The Morgan fingerprint density at radius 2 is 1.92 bits per heavy atom. The average Bonchev–Trinajstić information content (AvgIpc) is 3.06. The number of thioether (sulfide) groups is 1. The van der Waals surface area contributed by atoms with Crippen molar-refractivity contribution in [1.29, 1.82) is 0 Å². The van der Waals surface area contributed by atoms with Gasteiger partial charge in [-0.2, -0.15) is 5.10 Å². The quantitative estimate of drug-likeness (QED) is 0.546. The minimum absolute atomic E-state index is 0.121. The smallest absolute Gasteiger partial charge is 0.250 e. The molecule has 1 aromatic heterocycles. The van der Waals surface area contributed by atoms with Gasteiger partial charge in [-0.1, -0.05) is 29.8 Å². The van der Waals surface area contributed by atoms with Crippen LogP contribution in [0.3, 0.4) is 0 Å². The van der Waals surface area contributed by atoms with Gasteiger partial charge in [0.2, 0.25) is 5.91 Å². The minimum atomic E-state index is -0.121. The Hall–Kier alpha value is -2.21. The van der Waals surface area contributed by atoms with Crippen LogP contribution in [0.2, 0.25) is 0 Å². The van der Waals surface area contributed by atoms with Crippen LogP contribution in [0.25, 0.3) is 0 Å². The van der Waals surface area contributed by atoms with Crippen LogP contribution in [-0.2, 0) is 10.5 Å². The van der Waals surface area contributed by atoms with Crippen molar-refractivity contribution in [3.63, 3.8) is 0 Å². The fraction of sp³-hybridized carbons (Fsp3) is 0.368. The highest BCUT2D eigenvalue weighted by Gasteiger charge is 2.06. The van der Waals surface area contributed by atoms with Crippen LogP contribution in [0.15, 0.2) is 45.9 Å². The molecule has 1 aromatic carbocycles. The monoisotopic (exact) mass is 359 g/mol. The highest BCUT2D eigenvalue weighted by Crippen LogP contribution is 2.17. The van der Waals surface area contributed by atoms with E-state index in [4.69, 9.17) is 4.42 Å². The van der Waals surface area contributed by atoms with Gasteiger partial charge in [-0.3, -0.25) is 4.79 Å². The molecule has 1 N–H and O–H groups in total. The lowest BCUT2D eigenvalue weighted by molar-refractivity contribution is -0.118. The van der Waals surface area contributed by atoms with Crippen molar-refractivity contribution < 1.29 is 9.21 Å². The van der Waals surface area contributed by atoms with Crippen LogP contribution in [0.4, 0.5) is 5.88 Å². The van der Waals surface area contributed by atoms with Gasteiger partial charge in [-0.25, -0.2) is 5.43 Å². The average molecular weight is 359 g/mol. The van der Waals surface area contributed by atoms with Crippen LogP contribution < -0.4 is 10.3 Å². The summed E-state index contributed by atoms with van der Waals surface area (Å²) in [4.78, 5) is 13.9. The van der Waals surface area contributed by atoms with E-state index >= 15 is 0 Å². The number of aryl methyl sites for hydroxylation is 1. The lowest BCUT2D eigenvalue weighted by atomic mass is 10.2. The highest BCUT2D eigenvalue weighted by molar-refractivity contribution is 7.99. The van der Waals surface area contributed by atoms with E-state index in [0.29, 0.717) is 11.5 Å². The second kappa shape index (κ2) is 9.93. The molecule has 25 heavy (non-hydrogen) atoms.